The number of nitrogens with one attached hydrogen (secondary N) is 1. The molecule has 1 aromatic rings. The van der Waals surface area contributed by atoms with E-state index in [0.717, 1.165) is 10.5 Å². The van der Waals surface area contributed by atoms with Crippen LogP contribution in [0.3, 0.4) is 0 Å². The molecule has 2 aliphatic rings. The summed E-state index contributed by atoms with van der Waals surface area (Å²) in [5.41, 5.74) is 0.0609. The van der Waals surface area contributed by atoms with E-state index < -0.39 is 35.8 Å². The van der Waals surface area contributed by atoms with Crippen molar-refractivity contribution in [3.05, 3.63) is 34.9 Å². The van der Waals surface area contributed by atoms with Gasteiger partial charge in [0.25, 0.3) is 11.8 Å². The summed E-state index contributed by atoms with van der Waals surface area (Å²) in [6, 6.07) is 4.90. The minimum absolute atomic E-state index is 0.266. The monoisotopic (exact) mass is 348 g/mol. The van der Waals surface area contributed by atoms with Crippen LogP contribution in [0.4, 0.5) is 0 Å². The maximum absolute atomic E-state index is 12.4. The van der Waals surface area contributed by atoms with Crippen molar-refractivity contribution in [2.75, 3.05) is 18.1 Å². The van der Waals surface area contributed by atoms with Crippen molar-refractivity contribution >= 4 is 35.5 Å². The fourth-order valence-corrected chi connectivity index (χ4v) is 4.21. The molecule has 2 aliphatic heterocycles. The van der Waals surface area contributed by atoms with E-state index >= 15 is 0 Å². The van der Waals surface area contributed by atoms with Gasteiger partial charge in [0.1, 0.15) is 12.1 Å². The SMILES string of the molecule is Cc1ccc2c(c1)C(=O)N(CC(=O)NC1(C(=O)O)CCSC1)C2=O. The van der Waals surface area contributed by atoms with Crippen LogP contribution in [0.5, 0.6) is 0 Å². The standard InChI is InChI=1S/C16H16N2O5S/c1-9-2-3-10-11(6-9)14(21)18(13(10)20)7-12(19)17-16(15(22)23)4-5-24-8-16/h2-3,6H,4-5,7-8H2,1H3,(H,17,19)(H,22,23). The van der Waals surface area contributed by atoms with Crippen LogP contribution >= 0.6 is 11.8 Å². The molecule has 0 saturated carbocycles. The average Bonchev–Trinajstić information content (AvgIpc) is 3.08. The first kappa shape index (κ1) is 16.5. The van der Waals surface area contributed by atoms with E-state index in [1.807, 2.05) is 6.92 Å². The summed E-state index contributed by atoms with van der Waals surface area (Å²) in [6.45, 7) is 1.33. The van der Waals surface area contributed by atoms with Crippen LogP contribution < -0.4 is 5.32 Å². The van der Waals surface area contributed by atoms with E-state index in [2.05, 4.69) is 5.32 Å². The molecule has 2 heterocycles. The number of carbonyl (C=O) groups excluding carboxylic acids is 3. The molecule has 3 amide bonds. The third kappa shape index (κ3) is 2.66. The van der Waals surface area contributed by atoms with Gasteiger partial charge in [0.05, 0.1) is 11.1 Å². The Morgan fingerprint density at radius 2 is 2.00 bits per heavy atom. The minimum Gasteiger partial charge on any atom is -0.479 e. The van der Waals surface area contributed by atoms with Crippen LogP contribution in [0.15, 0.2) is 18.2 Å². The molecule has 1 unspecified atom stereocenters. The zero-order chi connectivity index (χ0) is 17.5. The molecule has 7 nitrogen and oxygen atoms in total. The van der Waals surface area contributed by atoms with Gasteiger partial charge in [-0.2, -0.15) is 11.8 Å². The molecule has 8 heteroatoms. The zero-order valence-corrected chi connectivity index (χ0v) is 13.8. The third-order valence-corrected chi connectivity index (χ3v) is 5.43. The highest BCUT2D eigenvalue weighted by Crippen LogP contribution is 2.28. The van der Waals surface area contributed by atoms with E-state index in [0.29, 0.717) is 12.2 Å². The topological polar surface area (TPSA) is 104 Å². The fraction of sp³-hybridized carbons (Fsp3) is 0.375. The first-order chi connectivity index (χ1) is 11.3. The number of aliphatic carboxylic acids is 1. The number of imide groups is 1. The molecule has 0 aromatic heterocycles. The van der Waals surface area contributed by atoms with Gasteiger partial charge in [-0.1, -0.05) is 11.6 Å². The van der Waals surface area contributed by atoms with Crippen LogP contribution in [-0.2, 0) is 9.59 Å². The van der Waals surface area contributed by atoms with Crippen molar-refractivity contribution < 1.29 is 24.3 Å². The lowest BCUT2D eigenvalue weighted by atomic mass is 9.99. The van der Waals surface area contributed by atoms with Gasteiger partial charge >= 0.3 is 5.97 Å². The lowest BCUT2D eigenvalue weighted by Gasteiger charge is -2.25. The first-order valence-electron chi connectivity index (χ1n) is 7.43. The van der Waals surface area contributed by atoms with Crippen LogP contribution in [-0.4, -0.2) is 57.3 Å². The highest BCUT2D eigenvalue weighted by atomic mass is 32.2. The van der Waals surface area contributed by atoms with Gasteiger partial charge in [0.2, 0.25) is 5.91 Å². The Hall–Kier alpha value is -2.35. The summed E-state index contributed by atoms with van der Waals surface area (Å²) < 4.78 is 0. The van der Waals surface area contributed by atoms with Gasteiger partial charge in [-0.15, -0.1) is 0 Å². The Morgan fingerprint density at radius 1 is 1.29 bits per heavy atom. The molecule has 3 rings (SSSR count). The number of carboxylic acids is 1. The number of hydrogen-bond donors (Lipinski definition) is 2. The van der Waals surface area contributed by atoms with E-state index in [1.54, 1.807) is 18.2 Å². The van der Waals surface area contributed by atoms with E-state index in [9.17, 15) is 24.3 Å². The van der Waals surface area contributed by atoms with Crippen LogP contribution in [0.25, 0.3) is 0 Å². The van der Waals surface area contributed by atoms with Gasteiger partial charge in [-0.3, -0.25) is 19.3 Å². The molecule has 0 aliphatic carbocycles. The predicted molar refractivity (Wildman–Crippen MR) is 87.0 cm³/mol. The van der Waals surface area contributed by atoms with Crippen molar-refractivity contribution in [3.63, 3.8) is 0 Å². The number of hydrogen-bond acceptors (Lipinski definition) is 5. The highest BCUT2D eigenvalue weighted by Gasteiger charge is 2.44. The minimum atomic E-state index is -1.32. The number of rotatable bonds is 4. The number of thioether (sulfide) groups is 1. The molecular formula is C16H16N2O5S. The third-order valence-electron chi connectivity index (χ3n) is 4.24. The summed E-state index contributed by atoms with van der Waals surface area (Å²) >= 11 is 1.44. The molecular weight excluding hydrogens is 332 g/mol. The number of amides is 3. The average molecular weight is 348 g/mol. The number of carboxylic acid groups (broad SMARTS) is 1. The maximum atomic E-state index is 12.4. The summed E-state index contributed by atoms with van der Waals surface area (Å²) in [6.07, 6.45) is 0.319. The van der Waals surface area contributed by atoms with Gasteiger partial charge in [0, 0.05) is 5.75 Å². The predicted octanol–water partition coefficient (Wildman–Crippen LogP) is 0.668. The fourth-order valence-electron chi connectivity index (χ4n) is 2.88. The quantitative estimate of drug-likeness (QED) is 0.775. The van der Waals surface area contributed by atoms with Gasteiger partial charge < -0.3 is 10.4 Å². The molecule has 126 valence electrons. The Kier molecular flexibility index (Phi) is 4.08. The van der Waals surface area contributed by atoms with Crippen LogP contribution in [0.2, 0.25) is 0 Å². The maximum Gasteiger partial charge on any atom is 0.330 e. The molecule has 0 bridgehead atoms. The number of aryl methyl sites for hydroxylation is 1. The van der Waals surface area contributed by atoms with Crippen LogP contribution in [0, 0.1) is 6.92 Å². The van der Waals surface area contributed by atoms with E-state index in [4.69, 9.17) is 0 Å². The molecule has 24 heavy (non-hydrogen) atoms. The zero-order valence-electron chi connectivity index (χ0n) is 13.0. The van der Waals surface area contributed by atoms with Crippen molar-refractivity contribution in [1.82, 2.24) is 10.2 Å². The largest absolute Gasteiger partial charge is 0.479 e. The van der Waals surface area contributed by atoms with E-state index in [1.165, 1.54) is 11.8 Å². The molecule has 0 radical (unpaired) electrons. The Labute approximate surface area is 142 Å². The summed E-state index contributed by atoms with van der Waals surface area (Å²) in [7, 11) is 0. The van der Waals surface area contributed by atoms with Gasteiger partial charge in [-0.25, -0.2) is 4.79 Å². The number of nitrogens with zero attached hydrogens (tertiary/aromatic N) is 1. The van der Waals surface area contributed by atoms with Crippen molar-refractivity contribution in [2.45, 2.75) is 18.9 Å². The normalized spacial score (nSPS) is 22.6. The van der Waals surface area contributed by atoms with Crippen molar-refractivity contribution in [3.8, 4) is 0 Å². The van der Waals surface area contributed by atoms with Crippen molar-refractivity contribution in [2.24, 2.45) is 0 Å². The molecule has 1 aromatic carbocycles. The number of fused-ring (bicyclic) bond motifs is 1. The van der Waals surface area contributed by atoms with E-state index in [-0.39, 0.29) is 16.9 Å². The Balaban J connectivity index is 1.75. The van der Waals surface area contributed by atoms with Gasteiger partial charge in [0.15, 0.2) is 0 Å². The van der Waals surface area contributed by atoms with Gasteiger partial charge in [-0.05, 0) is 31.2 Å². The summed E-state index contributed by atoms with van der Waals surface area (Å²) in [4.78, 5) is 49.2. The van der Waals surface area contributed by atoms with Crippen molar-refractivity contribution in [1.29, 1.82) is 0 Å². The first-order valence-corrected chi connectivity index (χ1v) is 8.58. The Morgan fingerprint density at radius 3 is 2.62 bits per heavy atom. The lowest BCUT2D eigenvalue weighted by Crippen LogP contribution is -2.57. The number of carbonyl (C=O) groups is 4. The second-order valence-electron chi connectivity index (χ2n) is 5.98. The molecule has 1 saturated heterocycles. The number of benzene rings is 1. The highest BCUT2D eigenvalue weighted by molar-refractivity contribution is 7.99. The Bertz CT molecular complexity index is 755. The lowest BCUT2D eigenvalue weighted by molar-refractivity contribution is -0.146. The van der Waals surface area contributed by atoms with Crippen LogP contribution in [0.1, 0.15) is 32.7 Å². The summed E-state index contributed by atoms with van der Waals surface area (Å²) in [5.74, 6) is -1.90. The molecule has 2 N–H and O–H groups in total. The smallest absolute Gasteiger partial charge is 0.330 e. The molecule has 0 spiro atoms. The molecule has 1 fully saturated rings. The summed E-state index contributed by atoms with van der Waals surface area (Å²) in [5, 5.41) is 11.9. The second kappa shape index (κ2) is 5.94. The molecule has 1 atom stereocenters. The second-order valence-corrected chi connectivity index (χ2v) is 7.09.